The number of primary amides is 1. The van der Waals surface area contributed by atoms with E-state index in [4.69, 9.17) is 10.5 Å². The summed E-state index contributed by atoms with van der Waals surface area (Å²) in [6.45, 7) is 0. The maximum atomic E-state index is 12.6. The van der Waals surface area contributed by atoms with Crippen molar-refractivity contribution >= 4 is 30.1 Å². The number of hydrogen-bond acceptors (Lipinski definition) is 5. The molecule has 0 bridgehead atoms. The predicted octanol–water partition coefficient (Wildman–Crippen LogP) is 3.34. The van der Waals surface area contributed by atoms with E-state index in [9.17, 15) is 19.2 Å². The highest BCUT2D eigenvalue weighted by Gasteiger charge is 2.15. The van der Waals surface area contributed by atoms with Gasteiger partial charge in [0.05, 0.1) is 18.2 Å². The molecule has 7 nitrogen and oxygen atoms in total. The summed E-state index contributed by atoms with van der Waals surface area (Å²) in [5.74, 6) is -0.519. The Balaban J connectivity index is 1.92. The van der Waals surface area contributed by atoms with Crippen LogP contribution in [0.4, 0.5) is 5.69 Å². The molecule has 7 heteroatoms. The van der Waals surface area contributed by atoms with Crippen LogP contribution in [0.5, 0.6) is 5.75 Å². The number of anilines is 1. The van der Waals surface area contributed by atoms with Crippen molar-refractivity contribution in [1.82, 2.24) is 0 Å². The highest BCUT2D eigenvalue weighted by atomic mass is 16.5. The number of rotatable bonds is 7. The van der Waals surface area contributed by atoms with Crippen LogP contribution in [0.2, 0.25) is 0 Å². The van der Waals surface area contributed by atoms with E-state index in [-0.39, 0.29) is 22.3 Å². The van der Waals surface area contributed by atoms with Crippen LogP contribution >= 0.6 is 0 Å². The lowest BCUT2D eigenvalue weighted by Crippen LogP contribution is -2.14. The zero-order valence-electron chi connectivity index (χ0n) is 16.0. The lowest BCUT2D eigenvalue weighted by molar-refractivity contribution is 0.0992. The molecule has 0 radical (unpaired) electrons. The van der Waals surface area contributed by atoms with Gasteiger partial charge in [0.15, 0.2) is 12.6 Å². The van der Waals surface area contributed by atoms with Gasteiger partial charge in [-0.1, -0.05) is 18.2 Å². The molecule has 2 amide bonds. The minimum atomic E-state index is -0.731. The van der Waals surface area contributed by atoms with Gasteiger partial charge in [0, 0.05) is 16.8 Å². The number of ether oxygens (including phenoxy) is 1. The quantitative estimate of drug-likeness (QED) is 0.588. The summed E-state index contributed by atoms with van der Waals surface area (Å²) in [6.07, 6.45) is 1.13. The van der Waals surface area contributed by atoms with Crippen LogP contribution in [0.3, 0.4) is 0 Å². The van der Waals surface area contributed by atoms with Gasteiger partial charge in [0.25, 0.3) is 5.91 Å². The summed E-state index contributed by atoms with van der Waals surface area (Å²) in [7, 11) is 1.55. The molecule has 3 aromatic rings. The van der Waals surface area contributed by atoms with Gasteiger partial charge in [0.2, 0.25) is 5.91 Å². The molecule has 0 aliphatic heterocycles. The van der Waals surface area contributed by atoms with Gasteiger partial charge in [-0.15, -0.1) is 0 Å². The average Bonchev–Trinajstić information content (AvgIpc) is 2.78. The zero-order chi connectivity index (χ0) is 21.7. The number of benzene rings is 3. The van der Waals surface area contributed by atoms with Crippen LogP contribution in [0.25, 0.3) is 11.1 Å². The molecule has 0 spiro atoms. The van der Waals surface area contributed by atoms with Crippen molar-refractivity contribution in [2.45, 2.75) is 0 Å². The second-order valence-corrected chi connectivity index (χ2v) is 6.39. The Labute approximate surface area is 172 Å². The minimum absolute atomic E-state index is 0.0801. The van der Waals surface area contributed by atoms with Gasteiger partial charge in [-0.25, -0.2) is 0 Å². The predicted molar refractivity (Wildman–Crippen MR) is 112 cm³/mol. The molecule has 0 aliphatic carbocycles. The number of nitrogens with one attached hydrogen (secondary N) is 1. The number of methoxy groups -OCH3 is 1. The topological polar surface area (TPSA) is 116 Å². The number of aldehydes is 2. The lowest BCUT2D eigenvalue weighted by atomic mass is 9.96. The Bertz CT molecular complexity index is 1140. The van der Waals surface area contributed by atoms with Crippen molar-refractivity contribution in [1.29, 1.82) is 0 Å². The Morgan fingerprint density at radius 2 is 1.47 bits per heavy atom. The van der Waals surface area contributed by atoms with Crippen LogP contribution in [-0.4, -0.2) is 31.5 Å². The minimum Gasteiger partial charge on any atom is -0.497 e. The standard InChI is InChI=1S/C23H18N2O5/c1-30-19-7-5-18(6-8-19)25-23(29)20-9-4-14(10-17(20)13-27)15-2-3-16(12-26)21(11-15)22(24)28/h2-13H,1H3,(H2,24,28)(H,25,29). The summed E-state index contributed by atoms with van der Waals surface area (Å²) in [5.41, 5.74) is 7.70. The van der Waals surface area contributed by atoms with Crippen molar-refractivity contribution in [2.24, 2.45) is 5.73 Å². The average molecular weight is 402 g/mol. The zero-order valence-corrected chi connectivity index (χ0v) is 16.0. The van der Waals surface area contributed by atoms with Gasteiger partial charge in [-0.3, -0.25) is 19.2 Å². The number of hydrogen-bond donors (Lipinski definition) is 2. The van der Waals surface area contributed by atoms with Crippen LogP contribution in [0.15, 0.2) is 60.7 Å². The maximum Gasteiger partial charge on any atom is 0.256 e. The summed E-state index contributed by atoms with van der Waals surface area (Å²) in [5, 5.41) is 2.73. The summed E-state index contributed by atoms with van der Waals surface area (Å²) in [6, 6.07) is 16.1. The normalized spacial score (nSPS) is 10.2. The summed E-state index contributed by atoms with van der Waals surface area (Å²) >= 11 is 0. The first-order valence-corrected chi connectivity index (χ1v) is 8.91. The first-order valence-electron chi connectivity index (χ1n) is 8.91. The fourth-order valence-electron chi connectivity index (χ4n) is 2.97. The third-order valence-electron chi connectivity index (χ3n) is 4.55. The Kier molecular flexibility index (Phi) is 6.03. The van der Waals surface area contributed by atoms with E-state index >= 15 is 0 Å². The highest BCUT2D eigenvalue weighted by Crippen LogP contribution is 2.25. The molecule has 0 aromatic heterocycles. The summed E-state index contributed by atoms with van der Waals surface area (Å²) in [4.78, 5) is 46.9. The number of carbonyl (C=O) groups is 4. The SMILES string of the molecule is COc1ccc(NC(=O)c2ccc(-c3ccc(C=O)c(C(N)=O)c3)cc2C=O)cc1. The molecular formula is C23H18N2O5. The molecule has 0 heterocycles. The van der Waals surface area contributed by atoms with Gasteiger partial charge in [0.1, 0.15) is 5.75 Å². The van der Waals surface area contributed by atoms with Crippen molar-refractivity contribution in [3.05, 3.63) is 82.9 Å². The molecule has 0 saturated carbocycles. The van der Waals surface area contributed by atoms with Crippen LogP contribution in [-0.2, 0) is 0 Å². The maximum absolute atomic E-state index is 12.6. The Hall–Kier alpha value is -4.26. The largest absolute Gasteiger partial charge is 0.497 e. The van der Waals surface area contributed by atoms with E-state index < -0.39 is 11.8 Å². The van der Waals surface area contributed by atoms with Crippen molar-refractivity contribution in [3.8, 4) is 16.9 Å². The van der Waals surface area contributed by atoms with Gasteiger partial charge < -0.3 is 15.8 Å². The monoisotopic (exact) mass is 402 g/mol. The molecule has 0 fully saturated rings. The molecule has 0 atom stereocenters. The third kappa shape index (κ3) is 4.25. The molecular weight excluding hydrogens is 384 g/mol. The number of carbonyl (C=O) groups excluding carboxylic acids is 4. The molecule has 3 rings (SSSR count). The number of amides is 2. The smallest absolute Gasteiger partial charge is 0.256 e. The van der Waals surface area contributed by atoms with Gasteiger partial charge in [-0.2, -0.15) is 0 Å². The van der Waals surface area contributed by atoms with Gasteiger partial charge in [-0.05, 0) is 53.6 Å². The van der Waals surface area contributed by atoms with Crippen LogP contribution < -0.4 is 15.8 Å². The highest BCUT2D eigenvalue weighted by molar-refractivity contribution is 6.09. The molecule has 150 valence electrons. The molecule has 30 heavy (non-hydrogen) atoms. The van der Waals surface area contributed by atoms with Gasteiger partial charge >= 0.3 is 0 Å². The summed E-state index contributed by atoms with van der Waals surface area (Å²) < 4.78 is 5.08. The first-order chi connectivity index (χ1) is 14.5. The van der Waals surface area contributed by atoms with E-state index in [0.717, 1.165) is 0 Å². The molecule has 0 unspecified atom stereocenters. The van der Waals surface area contributed by atoms with E-state index in [0.29, 0.717) is 35.1 Å². The first kappa shape index (κ1) is 20.5. The van der Waals surface area contributed by atoms with Crippen molar-refractivity contribution in [3.63, 3.8) is 0 Å². The van der Waals surface area contributed by atoms with E-state index in [1.165, 1.54) is 24.3 Å². The molecule has 3 aromatic carbocycles. The molecule has 0 saturated heterocycles. The van der Waals surface area contributed by atoms with Crippen molar-refractivity contribution in [2.75, 3.05) is 12.4 Å². The van der Waals surface area contributed by atoms with Crippen LogP contribution in [0, 0.1) is 0 Å². The van der Waals surface area contributed by atoms with E-state index in [1.807, 2.05) is 0 Å². The number of nitrogens with two attached hydrogens (primary N) is 1. The second kappa shape index (κ2) is 8.83. The molecule has 0 aliphatic rings. The third-order valence-corrected chi connectivity index (χ3v) is 4.55. The Morgan fingerprint density at radius 3 is 2.07 bits per heavy atom. The Morgan fingerprint density at radius 1 is 0.833 bits per heavy atom. The second-order valence-electron chi connectivity index (χ2n) is 6.39. The fraction of sp³-hybridized carbons (Fsp3) is 0.0435. The molecule has 3 N–H and O–H groups in total. The lowest BCUT2D eigenvalue weighted by Gasteiger charge is -2.11. The van der Waals surface area contributed by atoms with E-state index in [2.05, 4.69) is 5.32 Å². The van der Waals surface area contributed by atoms with Crippen LogP contribution in [0.1, 0.15) is 41.4 Å². The van der Waals surface area contributed by atoms with Crippen molar-refractivity contribution < 1.29 is 23.9 Å². The fourth-order valence-corrected chi connectivity index (χ4v) is 2.97. The van der Waals surface area contributed by atoms with E-state index in [1.54, 1.807) is 43.5 Å².